The Bertz CT molecular complexity index is 373. The quantitative estimate of drug-likeness (QED) is 0.918. The van der Waals surface area contributed by atoms with E-state index < -0.39 is 0 Å². The number of halogens is 1. The lowest BCUT2D eigenvalue weighted by molar-refractivity contribution is 0.233. The van der Waals surface area contributed by atoms with E-state index in [1.807, 2.05) is 0 Å². The van der Waals surface area contributed by atoms with Gasteiger partial charge in [0.05, 0.1) is 0 Å². The van der Waals surface area contributed by atoms with E-state index in [1.54, 1.807) is 0 Å². The smallest absolute Gasteiger partial charge is 0.0178 e. The predicted octanol–water partition coefficient (Wildman–Crippen LogP) is 3.24. The highest BCUT2D eigenvalue weighted by atomic mass is 79.9. The van der Waals surface area contributed by atoms with Crippen LogP contribution in [-0.2, 0) is 0 Å². The molecular weight excluding hydrogens is 288 g/mol. The zero-order valence-corrected chi connectivity index (χ0v) is 12.9. The molecule has 3 heteroatoms. The van der Waals surface area contributed by atoms with Crippen molar-refractivity contribution in [1.29, 1.82) is 0 Å². The molecule has 1 aromatic rings. The van der Waals surface area contributed by atoms with E-state index in [-0.39, 0.29) is 0 Å². The maximum absolute atomic E-state index is 3.72. The zero-order valence-electron chi connectivity index (χ0n) is 11.3. The van der Waals surface area contributed by atoms with Gasteiger partial charge in [0.25, 0.3) is 0 Å². The largest absolute Gasteiger partial charge is 0.313 e. The maximum atomic E-state index is 3.72. The third-order valence-electron chi connectivity index (χ3n) is 3.85. The van der Waals surface area contributed by atoms with Crippen LogP contribution in [-0.4, -0.2) is 37.6 Å². The topological polar surface area (TPSA) is 15.3 Å². The van der Waals surface area contributed by atoms with Gasteiger partial charge in [0, 0.05) is 17.1 Å². The molecule has 100 valence electrons. The average molecular weight is 311 g/mol. The lowest BCUT2D eigenvalue weighted by atomic mass is 9.99. The number of piperidine rings is 1. The van der Waals surface area contributed by atoms with Crippen LogP contribution in [0.25, 0.3) is 0 Å². The van der Waals surface area contributed by atoms with E-state index in [1.165, 1.54) is 36.0 Å². The minimum atomic E-state index is 0.571. The van der Waals surface area contributed by atoms with Crippen LogP contribution < -0.4 is 5.32 Å². The molecule has 1 atom stereocenters. The Morgan fingerprint density at radius 3 is 2.78 bits per heavy atom. The minimum absolute atomic E-state index is 0.571. The summed E-state index contributed by atoms with van der Waals surface area (Å²) in [6.45, 7) is 5.82. The number of nitrogens with zero attached hydrogens (tertiary/aromatic N) is 1. The second-order valence-electron chi connectivity index (χ2n) is 5.44. The van der Waals surface area contributed by atoms with E-state index in [4.69, 9.17) is 0 Å². The van der Waals surface area contributed by atoms with Crippen LogP contribution in [0.4, 0.5) is 0 Å². The third-order valence-corrected chi connectivity index (χ3v) is 4.34. The van der Waals surface area contributed by atoms with E-state index >= 15 is 0 Å². The summed E-state index contributed by atoms with van der Waals surface area (Å²) >= 11 is 3.54. The lowest BCUT2D eigenvalue weighted by Crippen LogP contribution is -2.41. The van der Waals surface area contributed by atoms with Crippen LogP contribution in [0.15, 0.2) is 28.7 Å². The molecule has 0 unspecified atom stereocenters. The monoisotopic (exact) mass is 310 g/mol. The summed E-state index contributed by atoms with van der Waals surface area (Å²) in [7, 11) is 2.21. The van der Waals surface area contributed by atoms with Crippen molar-refractivity contribution in [1.82, 2.24) is 10.2 Å². The molecule has 0 amide bonds. The molecule has 1 aliphatic rings. The van der Waals surface area contributed by atoms with Gasteiger partial charge in [-0.05, 0) is 56.6 Å². The summed E-state index contributed by atoms with van der Waals surface area (Å²) in [4.78, 5) is 2.41. The first kappa shape index (κ1) is 14.0. The van der Waals surface area contributed by atoms with Crippen LogP contribution in [0, 0.1) is 0 Å². The van der Waals surface area contributed by atoms with Crippen molar-refractivity contribution in [2.75, 3.05) is 26.7 Å². The Morgan fingerprint density at radius 2 is 2.11 bits per heavy atom. The number of hydrogen-bond donors (Lipinski definition) is 1. The summed E-state index contributed by atoms with van der Waals surface area (Å²) in [6.07, 6.45) is 2.56. The van der Waals surface area contributed by atoms with Crippen molar-refractivity contribution >= 4 is 15.9 Å². The Hall–Kier alpha value is -0.380. The average Bonchev–Trinajstić information content (AvgIpc) is 2.38. The molecule has 1 fully saturated rings. The van der Waals surface area contributed by atoms with Crippen molar-refractivity contribution < 1.29 is 0 Å². The molecular formula is C15H23BrN2. The molecule has 0 radical (unpaired) electrons. The van der Waals surface area contributed by atoms with E-state index in [0.717, 1.165) is 6.54 Å². The Kier molecular flexibility index (Phi) is 5.22. The number of nitrogens with one attached hydrogen (secondary N) is 1. The minimum Gasteiger partial charge on any atom is -0.313 e. The second kappa shape index (κ2) is 6.69. The lowest BCUT2D eigenvalue weighted by Gasteiger charge is -2.30. The summed E-state index contributed by atoms with van der Waals surface area (Å²) in [5, 5.41) is 3.72. The van der Waals surface area contributed by atoms with E-state index in [9.17, 15) is 0 Å². The normalized spacial score (nSPS) is 19.9. The third kappa shape index (κ3) is 4.08. The van der Waals surface area contributed by atoms with Crippen LogP contribution in [0.3, 0.4) is 0 Å². The first-order valence-corrected chi connectivity index (χ1v) is 7.62. The molecule has 1 aromatic carbocycles. The Morgan fingerprint density at radius 1 is 1.39 bits per heavy atom. The summed E-state index contributed by atoms with van der Waals surface area (Å²) < 4.78 is 1.17. The maximum Gasteiger partial charge on any atom is 0.0178 e. The molecule has 1 saturated heterocycles. The molecule has 2 rings (SSSR count). The highest BCUT2D eigenvalue weighted by Crippen LogP contribution is 2.19. The van der Waals surface area contributed by atoms with Crippen molar-refractivity contribution in [3.8, 4) is 0 Å². The molecule has 0 aliphatic carbocycles. The molecule has 1 heterocycles. The van der Waals surface area contributed by atoms with Gasteiger partial charge in [-0.15, -0.1) is 0 Å². The first-order valence-electron chi connectivity index (χ1n) is 6.82. The molecule has 2 nitrogen and oxygen atoms in total. The van der Waals surface area contributed by atoms with E-state index in [0.29, 0.717) is 12.0 Å². The fourth-order valence-electron chi connectivity index (χ4n) is 2.49. The van der Waals surface area contributed by atoms with Crippen molar-refractivity contribution in [3.05, 3.63) is 34.3 Å². The van der Waals surface area contributed by atoms with Gasteiger partial charge >= 0.3 is 0 Å². The van der Waals surface area contributed by atoms with Crippen LogP contribution in [0.1, 0.15) is 31.2 Å². The van der Waals surface area contributed by atoms with Gasteiger partial charge < -0.3 is 10.2 Å². The van der Waals surface area contributed by atoms with Crippen molar-refractivity contribution in [3.63, 3.8) is 0 Å². The highest BCUT2D eigenvalue weighted by Gasteiger charge is 2.16. The molecule has 18 heavy (non-hydrogen) atoms. The van der Waals surface area contributed by atoms with Gasteiger partial charge in [0.2, 0.25) is 0 Å². The predicted molar refractivity (Wildman–Crippen MR) is 81.1 cm³/mol. The van der Waals surface area contributed by atoms with E-state index in [2.05, 4.69) is 64.4 Å². The van der Waals surface area contributed by atoms with Gasteiger partial charge in [-0.3, -0.25) is 0 Å². The zero-order chi connectivity index (χ0) is 13.0. The van der Waals surface area contributed by atoms with Gasteiger partial charge in [-0.25, -0.2) is 0 Å². The standard InChI is InChI=1S/C15H23BrN2/c1-12(13-4-3-5-14(16)10-13)11-17-15-6-8-18(2)9-7-15/h3-5,10,12,15,17H,6-9,11H2,1-2H3/t12-/m0/s1. The van der Waals surface area contributed by atoms with Crippen molar-refractivity contribution in [2.24, 2.45) is 0 Å². The molecule has 1 aliphatic heterocycles. The molecule has 1 N–H and O–H groups in total. The first-order chi connectivity index (χ1) is 8.65. The number of hydrogen-bond acceptors (Lipinski definition) is 2. The van der Waals surface area contributed by atoms with Crippen LogP contribution in [0.2, 0.25) is 0 Å². The van der Waals surface area contributed by atoms with Gasteiger partial charge in [-0.2, -0.15) is 0 Å². The second-order valence-corrected chi connectivity index (χ2v) is 6.36. The summed E-state index contributed by atoms with van der Waals surface area (Å²) in [6, 6.07) is 9.34. The molecule has 0 aromatic heterocycles. The van der Waals surface area contributed by atoms with Crippen molar-refractivity contribution in [2.45, 2.75) is 31.7 Å². The van der Waals surface area contributed by atoms with Gasteiger partial charge in [0.1, 0.15) is 0 Å². The summed E-state index contributed by atoms with van der Waals surface area (Å²) in [5.41, 5.74) is 1.41. The number of rotatable bonds is 4. The van der Waals surface area contributed by atoms with Gasteiger partial charge in [-0.1, -0.05) is 35.0 Å². The van der Waals surface area contributed by atoms with Crippen LogP contribution >= 0.6 is 15.9 Å². The number of likely N-dealkylation sites (tertiary alicyclic amines) is 1. The Labute approximate surface area is 119 Å². The molecule has 0 spiro atoms. The number of benzene rings is 1. The molecule has 0 bridgehead atoms. The Balaban J connectivity index is 1.79. The van der Waals surface area contributed by atoms with Crippen LogP contribution in [0.5, 0.6) is 0 Å². The SMILES string of the molecule is C[C@@H](CNC1CCN(C)CC1)c1cccc(Br)c1. The molecule has 0 saturated carbocycles. The fourth-order valence-corrected chi connectivity index (χ4v) is 2.90. The summed E-state index contributed by atoms with van der Waals surface area (Å²) in [5.74, 6) is 0.571. The highest BCUT2D eigenvalue weighted by molar-refractivity contribution is 9.10. The van der Waals surface area contributed by atoms with Gasteiger partial charge in [0.15, 0.2) is 0 Å². The fraction of sp³-hybridized carbons (Fsp3) is 0.600.